The van der Waals surface area contributed by atoms with Crippen LogP contribution in [0.1, 0.15) is 45.4 Å². The molecule has 3 saturated carbocycles. The summed E-state index contributed by atoms with van der Waals surface area (Å²) >= 11 is 0. The Labute approximate surface area is 80.5 Å². The molecule has 0 amide bonds. The van der Waals surface area contributed by atoms with E-state index in [1.54, 1.807) is 0 Å². The van der Waals surface area contributed by atoms with Gasteiger partial charge >= 0.3 is 0 Å². The van der Waals surface area contributed by atoms with Crippen LogP contribution in [0.2, 0.25) is 0 Å². The Balaban J connectivity index is 1.74. The summed E-state index contributed by atoms with van der Waals surface area (Å²) in [6, 6.07) is 0. The molecule has 0 aromatic rings. The molecule has 0 aromatic carbocycles. The molecule has 0 heterocycles. The van der Waals surface area contributed by atoms with Crippen LogP contribution < -0.4 is 0 Å². The summed E-state index contributed by atoms with van der Waals surface area (Å²) in [6.45, 7) is 2.22. The molecule has 1 N–H and O–H groups in total. The van der Waals surface area contributed by atoms with Gasteiger partial charge in [0.2, 0.25) is 0 Å². The molecule has 0 aliphatic heterocycles. The highest BCUT2D eigenvalue weighted by atomic mass is 16.3. The number of hydrogen-bond acceptors (Lipinski definition) is 1. The quantitative estimate of drug-likeness (QED) is 0.692. The van der Waals surface area contributed by atoms with Crippen LogP contribution in [0, 0.1) is 23.7 Å². The van der Waals surface area contributed by atoms with Gasteiger partial charge in [-0.3, -0.25) is 0 Å². The van der Waals surface area contributed by atoms with Crippen molar-refractivity contribution in [2.75, 3.05) is 0 Å². The van der Waals surface area contributed by atoms with Gasteiger partial charge in [0.1, 0.15) is 0 Å². The lowest BCUT2D eigenvalue weighted by molar-refractivity contribution is 0.0354. The van der Waals surface area contributed by atoms with E-state index in [0.29, 0.717) is 11.8 Å². The molecular formula is C12H20O. The van der Waals surface area contributed by atoms with E-state index >= 15 is 0 Å². The second-order valence-corrected chi connectivity index (χ2v) is 5.58. The molecule has 5 unspecified atom stereocenters. The van der Waals surface area contributed by atoms with Crippen LogP contribution in [0.25, 0.3) is 0 Å². The first-order valence-electron chi connectivity index (χ1n) is 5.96. The van der Waals surface area contributed by atoms with Crippen LogP contribution in [-0.4, -0.2) is 10.7 Å². The molecule has 5 atom stereocenters. The Bertz CT molecular complexity index is 225. The zero-order valence-corrected chi connectivity index (χ0v) is 8.50. The number of fused-ring (bicyclic) bond motifs is 2. The number of rotatable bonds is 2. The van der Waals surface area contributed by atoms with Gasteiger partial charge in [0.15, 0.2) is 0 Å². The molecule has 3 aliphatic rings. The molecule has 3 rings (SSSR count). The smallest absolute Gasteiger partial charge is 0.0711 e. The largest absolute Gasteiger partial charge is 0.389 e. The predicted molar refractivity (Wildman–Crippen MR) is 52.3 cm³/mol. The minimum absolute atomic E-state index is 0.200. The zero-order valence-electron chi connectivity index (χ0n) is 8.50. The average molecular weight is 180 g/mol. The van der Waals surface area contributed by atoms with Crippen LogP contribution >= 0.6 is 0 Å². The first-order chi connectivity index (χ1) is 6.24. The summed E-state index contributed by atoms with van der Waals surface area (Å²) in [4.78, 5) is 0. The van der Waals surface area contributed by atoms with Crippen LogP contribution in [0.3, 0.4) is 0 Å². The average Bonchev–Trinajstić information content (AvgIpc) is 2.57. The Morgan fingerprint density at radius 1 is 1.31 bits per heavy atom. The van der Waals surface area contributed by atoms with Gasteiger partial charge in [-0.2, -0.15) is 0 Å². The summed E-state index contributed by atoms with van der Waals surface area (Å²) in [5.74, 6) is 3.22. The van der Waals surface area contributed by atoms with Crippen LogP contribution in [0.15, 0.2) is 0 Å². The van der Waals surface area contributed by atoms with Gasteiger partial charge in [-0.15, -0.1) is 0 Å². The maximum absolute atomic E-state index is 10.4. The van der Waals surface area contributed by atoms with Gasteiger partial charge in [-0.25, -0.2) is 0 Å². The standard InChI is InChI=1S/C12H20O/c1-2-10-7-12(10,13)11-6-8-3-4-9(11)5-8/h8-11,13H,2-7H2,1H3. The summed E-state index contributed by atoms with van der Waals surface area (Å²) in [6.07, 6.45) is 7.94. The third-order valence-corrected chi connectivity index (χ3v) is 4.99. The molecule has 2 bridgehead atoms. The fourth-order valence-corrected chi connectivity index (χ4v) is 4.14. The molecule has 74 valence electrons. The van der Waals surface area contributed by atoms with Crippen LogP contribution in [0.4, 0.5) is 0 Å². The number of hydrogen-bond donors (Lipinski definition) is 1. The van der Waals surface area contributed by atoms with Crippen molar-refractivity contribution >= 4 is 0 Å². The van der Waals surface area contributed by atoms with E-state index in [1.165, 1.54) is 32.1 Å². The maximum Gasteiger partial charge on any atom is 0.0711 e. The fourth-order valence-electron chi connectivity index (χ4n) is 4.14. The zero-order chi connectivity index (χ0) is 9.05. The lowest BCUT2D eigenvalue weighted by Gasteiger charge is -2.27. The van der Waals surface area contributed by atoms with Crippen molar-refractivity contribution in [1.82, 2.24) is 0 Å². The Morgan fingerprint density at radius 3 is 2.62 bits per heavy atom. The first kappa shape index (κ1) is 8.28. The highest BCUT2D eigenvalue weighted by Crippen LogP contribution is 2.62. The lowest BCUT2D eigenvalue weighted by Crippen LogP contribution is -2.29. The highest BCUT2D eigenvalue weighted by Gasteiger charge is 2.61. The minimum Gasteiger partial charge on any atom is -0.389 e. The van der Waals surface area contributed by atoms with Gasteiger partial charge in [-0.1, -0.05) is 19.8 Å². The van der Waals surface area contributed by atoms with E-state index in [4.69, 9.17) is 0 Å². The van der Waals surface area contributed by atoms with Gasteiger partial charge in [0.25, 0.3) is 0 Å². The second-order valence-electron chi connectivity index (χ2n) is 5.58. The van der Waals surface area contributed by atoms with Crippen LogP contribution in [0.5, 0.6) is 0 Å². The second kappa shape index (κ2) is 2.50. The third-order valence-electron chi connectivity index (χ3n) is 4.99. The first-order valence-corrected chi connectivity index (χ1v) is 5.96. The van der Waals surface area contributed by atoms with E-state index in [-0.39, 0.29) is 5.60 Å². The van der Waals surface area contributed by atoms with Crippen molar-refractivity contribution in [1.29, 1.82) is 0 Å². The van der Waals surface area contributed by atoms with Gasteiger partial charge in [0.05, 0.1) is 5.60 Å². The summed E-state index contributed by atoms with van der Waals surface area (Å²) in [7, 11) is 0. The van der Waals surface area contributed by atoms with E-state index < -0.39 is 0 Å². The monoisotopic (exact) mass is 180 g/mol. The molecule has 1 nitrogen and oxygen atoms in total. The van der Waals surface area contributed by atoms with Crippen molar-refractivity contribution in [2.24, 2.45) is 23.7 Å². The maximum atomic E-state index is 10.4. The summed E-state index contributed by atoms with van der Waals surface area (Å²) in [5.41, 5.74) is -0.200. The molecule has 0 saturated heterocycles. The van der Waals surface area contributed by atoms with Crippen LogP contribution in [-0.2, 0) is 0 Å². The van der Waals surface area contributed by atoms with E-state index in [2.05, 4.69) is 6.92 Å². The molecule has 0 spiro atoms. The molecule has 0 radical (unpaired) electrons. The third kappa shape index (κ3) is 1.03. The molecular weight excluding hydrogens is 160 g/mol. The van der Waals surface area contributed by atoms with E-state index in [1.807, 2.05) is 0 Å². The molecule has 13 heavy (non-hydrogen) atoms. The van der Waals surface area contributed by atoms with E-state index in [0.717, 1.165) is 18.3 Å². The van der Waals surface area contributed by atoms with Crippen molar-refractivity contribution in [3.8, 4) is 0 Å². The molecule has 1 heteroatoms. The Hall–Kier alpha value is -0.0400. The lowest BCUT2D eigenvalue weighted by atomic mass is 9.82. The van der Waals surface area contributed by atoms with Crippen molar-refractivity contribution < 1.29 is 5.11 Å². The fraction of sp³-hybridized carbons (Fsp3) is 1.00. The van der Waals surface area contributed by atoms with Crippen molar-refractivity contribution in [2.45, 2.75) is 51.0 Å². The minimum atomic E-state index is -0.200. The summed E-state index contributed by atoms with van der Waals surface area (Å²) in [5, 5.41) is 10.4. The van der Waals surface area contributed by atoms with Crippen molar-refractivity contribution in [3.05, 3.63) is 0 Å². The topological polar surface area (TPSA) is 20.2 Å². The van der Waals surface area contributed by atoms with E-state index in [9.17, 15) is 5.11 Å². The van der Waals surface area contributed by atoms with Gasteiger partial charge in [0, 0.05) is 0 Å². The SMILES string of the molecule is CCC1CC1(O)C1CC2CCC1C2. The van der Waals surface area contributed by atoms with Gasteiger partial charge in [-0.05, 0) is 49.4 Å². The summed E-state index contributed by atoms with van der Waals surface area (Å²) < 4.78 is 0. The Kier molecular flexibility index (Phi) is 1.59. The van der Waals surface area contributed by atoms with Crippen molar-refractivity contribution in [3.63, 3.8) is 0 Å². The molecule has 3 aliphatic carbocycles. The van der Waals surface area contributed by atoms with Gasteiger partial charge < -0.3 is 5.11 Å². The predicted octanol–water partition coefficient (Wildman–Crippen LogP) is 2.58. The normalized spacial score (nSPS) is 58.6. The Morgan fingerprint density at radius 2 is 2.15 bits per heavy atom. The number of aliphatic hydroxyl groups is 1. The highest BCUT2D eigenvalue weighted by molar-refractivity contribution is 5.12. The molecule has 3 fully saturated rings. The molecule has 0 aromatic heterocycles.